The fraction of sp³-hybridized carbons (Fsp3) is 0.231. The van der Waals surface area contributed by atoms with E-state index in [-0.39, 0.29) is 17.2 Å². The molecule has 0 bridgehead atoms. The maximum atomic E-state index is 11.7. The Labute approximate surface area is 108 Å². The molecule has 1 N–H and O–H groups in total. The Balaban J connectivity index is 1.96. The Bertz CT molecular complexity index is 661. The monoisotopic (exact) mass is 260 g/mol. The second-order valence-corrected chi connectivity index (χ2v) is 5.34. The van der Waals surface area contributed by atoms with Crippen molar-refractivity contribution in [2.24, 2.45) is 0 Å². The van der Waals surface area contributed by atoms with Gasteiger partial charge < -0.3 is 4.98 Å². The largest absolute Gasteiger partial charge is 0.328 e. The minimum absolute atomic E-state index is 0.229. The number of rotatable bonds is 2. The summed E-state index contributed by atoms with van der Waals surface area (Å²) in [5.41, 5.74) is 0.655. The summed E-state index contributed by atoms with van der Waals surface area (Å²) >= 11 is 1.78. The van der Waals surface area contributed by atoms with Gasteiger partial charge in [0.05, 0.1) is 0 Å². The molecule has 0 saturated carbocycles. The Morgan fingerprint density at radius 3 is 2.94 bits per heavy atom. The standard InChI is InChI=1S/C13H12N2O2S/c16-12-5-6-14-13(17)15(12)7-9-8-18-11-4-2-1-3-10(9)11/h1-6,9H,7-8H2,(H,14,17). The first kappa shape index (κ1) is 11.3. The molecule has 5 heteroatoms. The first-order valence-electron chi connectivity index (χ1n) is 5.76. The third kappa shape index (κ3) is 1.90. The maximum absolute atomic E-state index is 11.7. The lowest BCUT2D eigenvalue weighted by Crippen LogP contribution is -2.35. The van der Waals surface area contributed by atoms with Crippen molar-refractivity contribution in [3.05, 3.63) is 62.9 Å². The smallest absolute Gasteiger partial charge is 0.314 e. The lowest BCUT2D eigenvalue weighted by Gasteiger charge is -2.11. The van der Waals surface area contributed by atoms with Crippen molar-refractivity contribution in [2.75, 3.05) is 5.75 Å². The van der Waals surface area contributed by atoms with Crippen LogP contribution in [0, 0.1) is 0 Å². The number of aromatic nitrogens is 2. The number of aromatic amines is 1. The van der Waals surface area contributed by atoms with E-state index in [0.717, 1.165) is 5.75 Å². The molecule has 4 nitrogen and oxygen atoms in total. The van der Waals surface area contributed by atoms with Crippen LogP contribution < -0.4 is 11.2 Å². The zero-order valence-electron chi connectivity index (χ0n) is 9.63. The number of H-pyrrole nitrogens is 1. The highest BCUT2D eigenvalue weighted by molar-refractivity contribution is 7.99. The predicted octanol–water partition coefficient (Wildman–Crippen LogP) is 1.43. The third-order valence-corrected chi connectivity index (χ3v) is 4.40. The van der Waals surface area contributed by atoms with Gasteiger partial charge in [0.1, 0.15) is 0 Å². The molecule has 0 spiro atoms. The van der Waals surface area contributed by atoms with Gasteiger partial charge in [0.2, 0.25) is 0 Å². The highest BCUT2D eigenvalue weighted by Crippen LogP contribution is 2.39. The van der Waals surface area contributed by atoms with Gasteiger partial charge in [0, 0.05) is 35.4 Å². The molecule has 2 heterocycles. The molecule has 0 saturated heterocycles. The van der Waals surface area contributed by atoms with Gasteiger partial charge in [-0.1, -0.05) is 18.2 Å². The number of hydrogen-bond acceptors (Lipinski definition) is 3. The maximum Gasteiger partial charge on any atom is 0.328 e. The summed E-state index contributed by atoms with van der Waals surface area (Å²) in [4.78, 5) is 27.1. The molecule has 0 fully saturated rings. The quantitative estimate of drug-likeness (QED) is 0.888. The van der Waals surface area contributed by atoms with Crippen molar-refractivity contribution in [3.63, 3.8) is 0 Å². The fourth-order valence-corrected chi connectivity index (χ4v) is 3.47. The summed E-state index contributed by atoms with van der Waals surface area (Å²) in [5.74, 6) is 1.15. The molecule has 3 rings (SSSR count). The van der Waals surface area contributed by atoms with Gasteiger partial charge >= 0.3 is 5.69 Å². The van der Waals surface area contributed by atoms with E-state index in [4.69, 9.17) is 0 Å². The van der Waals surface area contributed by atoms with Gasteiger partial charge in [-0.3, -0.25) is 9.36 Å². The summed E-state index contributed by atoms with van der Waals surface area (Å²) in [6.07, 6.45) is 1.39. The Hall–Kier alpha value is -1.75. The van der Waals surface area contributed by atoms with Crippen molar-refractivity contribution in [3.8, 4) is 0 Å². The fourth-order valence-electron chi connectivity index (χ4n) is 2.23. The SMILES string of the molecule is O=c1cc[nH]c(=O)n1CC1CSc2ccccc21. The molecule has 1 unspecified atom stereocenters. The van der Waals surface area contributed by atoms with Crippen LogP contribution in [0.2, 0.25) is 0 Å². The number of fused-ring (bicyclic) bond motifs is 1. The van der Waals surface area contributed by atoms with Crippen molar-refractivity contribution < 1.29 is 0 Å². The normalized spacial score (nSPS) is 17.7. The van der Waals surface area contributed by atoms with E-state index in [1.165, 1.54) is 27.3 Å². The lowest BCUT2D eigenvalue weighted by atomic mass is 10.0. The van der Waals surface area contributed by atoms with Gasteiger partial charge in [-0.15, -0.1) is 11.8 Å². The molecule has 0 radical (unpaired) electrons. The van der Waals surface area contributed by atoms with Crippen molar-refractivity contribution in [1.82, 2.24) is 9.55 Å². The van der Waals surface area contributed by atoms with Crippen LogP contribution >= 0.6 is 11.8 Å². The number of nitrogens with one attached hydrogen (secondary N) is 1. The van der Waals surface area contributed by atoms with Gasteiger partial charge in [0.15, 0.2) is 0 Å². The first-order chi connectivity index (χ1) is 8.75. The Kier molecular flexibility index (Phi) is 2.83. The zero-order chi connectivity index (χ0) is 12.5. The molecule has 0 aliphatic carbocycles. The van der Waals surface area contributed by atoms with E-state index in [2.05, 4.69) is 17.1 Å². The van der Waals surface area contributed by atoms with Crippen LogP contribution in [0.1, 0.15) is 11.5 Å². The average molecular weight is 260 g/mol. The van der Waals surface area contributed by atoms with Crippen molar-refractivity contribution >= 4 is 11.8 Å². The highest BCUT2D eigenvalue weighted by Gasteiger charge is 2.23. The molecule has 18 heavy (non-hydrogen) atoms. The minimum atomic E-state index is -0.336. The number of thioether (sulfide) groups is 1. The van der Waals surface area contributed by atoms with E-state index in [9.17, 15) is 9.59 Å². The Morgan fingerprint density at radius 2 is 2.11 bits per heavy atom. The lowest BCUT2D eigenvalue weighted by molar-refractivity contribution is 0.560. The molecule has 92 valence electrons. The predicted molar refractivity (Wildman–Crippen MR) is 71.2 cm³/mol. The minimum Gasteiger partial charge on any atom is -0.314 e. The number of nitrogens with zero attached hydrogens (tertiary/aromatic N) is 1. The summed E-state index contributed by atoms with van der Waals surface area (Å²) in [6.45, 7) is 0.443. The van der Waals surface area contributed by atoms with E-state index >= 15 is 0 Å². The average Bonchev–Trinajstić information content (AvgIpc) is 2.77. The molecule has 1 aliphatic heterocycles. The summed E-state index contributed by atoms with van der Waals surface area (Å²) in [7, 11) is 0. The first-order valence-corrected chi connectivity index (χ1v) is 6.74. The summed E-state index contributed by atoms with van der Waals surface area (Å²) in [5, 5.41) is 0. The van der Waals surface area contributed by atoms with Gasteiger partial charge in [-0.25, -0.2) is 4.79 Å². The van der Waals surface area contributed by atoms with Crippen LogP contribution in [0.25, 0.3) is 0 Å². The van der Waals surface area contributed by atoms with Gasteiger partial charge in [0.25, 0.3) is 5.56 Å². The van der Waals surface area contributed by atoms with E-state index in [1.54, 1.807) is 11.8 Å². The topological polar surface area (TPSA) is 54.9 Å². The van der Waals surface area contributed by atoms with Gasteiger partial charge in [-0.2, -0.15) is 0 Å². The molecule has 2 aromatic rings. The summed E-state index contributed by atoms with van der Waals surface area (Å²) in [6, 6.07) is 9.54. The van der Waals surface area contributed by atoms with Crippen LogP contribution in [0.4, 0.5) is 0 Å². The molecular weight excluding hydrogens is 248 g/mol. The summed E-state index contributed by atoms with van der Waals surface area (Å²) < 4.78 is 1.27. The van der Waals surface area contributed by atoms with E-state index in [1.807, 2.05) is 12.1 Å². The third-order valence-electron chi connectivity index (χ3n) is 3.15. The molecule has 1 aromatic carbocycles. The Morgan fingerprint density at radius 1 is 1.28 bits per heavy atom. The zero-order valence-corrected chi connectivity index (χ0v) is 10.4. The molecule has 0 amide bonds. The highest BCUT2D eigenvalue weighted by atomic mass is 32.2. The van der Waals surface area contributed by atoms with Crippen LogP contribution in [0.5, 0.6) is 0 Å². The van der Waals surface area contributed by atoms with Crippen molar-refractivity contribution in [1.29, 1.82) is 0 Å². The van der Waals surface area contributed by atoms with Crippen LogP contribution in [0.15, 0.2) is 51.0 Å². The van der Waals surface area contributed by atoms with E-state index < -0.39 is 0 Å². The van der Waals surface area contributed by atoms with Crippen LogP contribution in [-0.4, -0.2) is 15.3 Å². The molecule has 1 aliphatic rings. The number of benzene rings is 1. The second kappa shape index (κ2) is 4.49. The van der Waals surface area contributed by atoms with Crippen molar-refractivity contribution in [2.45, 2.75) is 17.4 Å². The number of hydrogen-bond donors (Lipinski definition) is 1. The van der Waals surface area contributed by atoms with Gasteiger partial charge in [-0.05, 0) is 11.6 Å². The second-order valence-electron chi connectivity index (χ2n) is 4.28. The van der Waals surface area contributed by atoms with Crippen LogP contribution in [0.3, 0.4) is 0 Å². The van der Waals surface area contributed by atoms with E-state index in [0.29, 0.717) is 6.54 Å². The van der Waals surface area contributed by atoms with Crippen LogP contribution in [-0.2, 0) is 6.54 Å². The molecular formula is C13H12N2O2S. The molecule has 1 aromatic heterocycles. The molecule has 1 atom stereocenters.